The van der Waals surface area contributed by atoms with Gasteiger partial charge in [-0.15, -0.1) is 11.8 Å². The molecule has 118 valence electrons. The molecule has 1 unspecified atom stereocenters. The zero-order valence-electron chi connectivity index (χ0n) is 13.2. The molecule has 0 aliphatic rings. The van der Waals surface area contributed by atoms with Crippen molar-refractivity contribution in [2.75, 3.05) is 19.1 Å². The second kappa shape index (κ2) is 7.31. The lowest BCUT2D eigenvalue weighted by molar-refractivity contribution is 0.0757. The lowest BCUT2D eigenvalue weighted by atomic mass is 10.2. The molecule has 0 aliphatic heterocycles. The molecule has 0 fully saturated rings. The van der Waals surface area contributed by atoms with Gasteiger partial charge >= 0.3 is 0 Å². The van der Waals surface area contributed by atoms with Crippen molar-refractivity contribution in [1.29, 1.82) is 0 Å². The second-order valence-corrected chi connectivity index (χ2v) is 9.38. The Morgan fingerprint density at radius 2 is 1.71 bits per heavy atom. The number of rotatable bonds is 6. The number of nitrogens with zero attached hydrogens (tertiary/aromatic N) is 1. The number of benzene rings is 1. The van der Waals surface area contributed by atoms with E-state index in [0.29, 0.717) is 10.8 Å². The topological polar surface area (TPSA) is 54.5 Å². The Balaban J connectivity index is 2.78. The van der Waals surface area contributed by atoms with Gasteiger partial charge in [0.25, 0.3) is 5.91 Å². The standard InChI is InChI=1S/C15H23NO3S2/c1-11(2)20-14-8-6-13(7-9-14)15(17)16(4)12(3)10-21(5,18)19/h6-9,11-12H,10H2,1-5H3. The summed E-state index contributed by atoms with van der Waals surface area (Å²) in [5.74, 6) is -0.191. The summed E-state index contributed by atoms with van der Waals surface area (Å²) in [6.07, 6.45) is 1.18. The van der Waals surface area contributed by atoms with Gasteiger partial charge in [-0.2, -0.15) is 0 Å². The Hall–Kier alpha value is -1.01. The number of carbonyl (C=O) groups excluding carboxylic acids is 1. The minimum absolute atomic E-state index is 0.0312. The first-order valence-corrected chi connectivity index (χ1v) is 9.76. The van der Waals surface area contributed by atoms with Gasteiger partial charge in [-0.25, -0.2) is 8.42 Å². The number of sulfone groups is 1. The van der Waals surface area contributed by atoms with Gasteiger partial charge in [0.05, 0.1) is 5.75 Å². The number of amides is 1. The molecule has 0 bridgehead atoms. The molecule has 6 heteroatoms. The fraction of sp³-hybridized carbons (Fsp3) is 0.533. The highest BCUT2D eigenvalue weighted by Crippen LogP contribution is 2.23. The van der Waals surface area contributed by atoms with Gasteiger partial charge in [0, 0.05) is 35.1 Å². The van der Waals surface area contributed by atoms with Crippen LogP contribution in [0.5, 0.6) is 0 Å². The SMILES string of the molecule is CC(C)Sc1ccc(C(=O)N(C)C(C)CS(C)(=O)=O)cc1. The summed E-state index contributed by atoms with van der Waals surface area (Å²) in [4.78, 5) is 14.9. The summed E-state index contributed by atoms with van der Waals surface area (Å²) in [5.41, 5.74) is 0.575. The van der Waals surface area contributed by atoms with E-state index in [9.17, 15) is 13.2 Å². The quantitative estimate of drug-likeness (QED) is 0.753. The molecular weight excluding hydrogens is 306 g/mol. The molecule has 1 rings (SSSR count). The highest BCUT2D eigenvalue weighted by molar-refractivity contribution is 7.99. The van der Waals surface area contributed by atoms with Crippen molar-refractivity contribution in [1.82, 2.24) is 4.90 Å². The van der Waals surface area contributed by atoms with Crippen LogP contribution in [-0.4, -0.2) is 49.6 Å². The van der Waals surface area contributed by atoms with E-state index in [-0.39, 0.29) is 17.7 Å². The normalized spacial score (nSPS) is 13.2. The van der Waals surface area contributed by atoms with Crippen LogP contribution in [0.1, 0.15) is 31.1 Å². The first-order valence-electron chi connectivity index (χ1n) is 6.81. The van der Waals surface area contributed by atoms with E-state index in [0.717, 1.165) is 4.90 Å². The summed E-state index contributed by atoms with van der Waals surface area (Å²) < 4.78 is 22.6. The Bertz CT molecular complexity index is 579. The predicted molar refractivity (Wildman–Crippen MR) is 88.7 cm³/mol. The van der Waals surface area contributed by atoms with Crippen molar-refractivity contribution in [3.63, 3.8) is 0 Å². The van der Waals surface area contributed by atoms with Crippen LogP contribution >= 0.6 is 11.8 Å². The number of thioether (sulfide) groups is 1. The summed E-state index contributed by atoms with van der Waals surface area (Å²) >= 11 is 1.74. The molecule has 1 atom stereocenters. The van der Waals surface area contributed by atoms with E-state index >= 15 is 0 Å². The Morgan fingerprint density at radius 1 is 1.19 bits per heavy atom. The minimum Gasteiger partial charge on any atom is -0.338 e. The first-order chi connectivity index (χ1) is 9.60. The van der Waals surface area contributed by atoms with Crippen LogP contribution in [-0.2, 0) is 9.84 Å². The summed E-state index contributed by atoms with van der Waals surface area (Å²) in [7, 11) is -1.47. The van der Waals surface area contributed by atoms with Crippen molar-refractivity contribution in [3.05, 3.63) is 29.8 Å². The predicted octanol–water partition coefficient (Wildman–Crippen LogP) is 2.69. The van der Waals surface area contributed by atoms with Crippen molar-refractivity contribution < 1.29 is 13.2 Å². The third-order valence-electron chi connectivity index (χ3n) is 3.00. The van der Waals surface area contributed by atoms with Gasteiger partial charge in [-0.05, 0) is 31.2 Å². The van der Waals surface area contributed by atoms with Gasteiger partial charge in [-0.1, -0.05) is 13.8 Å². The molecule has 4 nitrogen and oxygen atoms in total. The van der Waals surface area contributed by atoms with E-state index in [1.165, 1.54) is 11.2 Å². The van der Waals surface area contributed by atoms with Crippen molar-refractivity contribution in [2.45, 2.75) is 37.0 Å². The van der Waals surface area contributed by atoms with Crippen LogP contribution in [0.3, 0.4) is 0 Å². The van der Waals surface area contributed by atoms with E-state index in [1.807, 2.05) is 12.1 Å². The Labute approximate surface area is 131 Å². The van der Waals surface area contributed by atoms with Crippen LogP contribution < -0.4 is 0 Å². The van der Waals surface area contributed by atoms with Crippen LogP contribution in [0.25, 0.3) is 0 Å². The molecule has 1 amide bonds. The molecule has 0 aromatic heterocycles. The molecule has 0 saturated heterocycles. The molecule has 0 N–H and O–H groups in total. The number of hydrogen-bond donors (Lipinski definition) is 0. The van der Waals surface area contributed by atoms with Gasteiger partial charge < -0.3 is 4.90 Å². The second-order valence-electron chi connectivity index (χ2n) is 5.55. The lowest BCUT2D eigenvalue weighted by Gasteiger charge is -2.24. The van der Waals surface area contributed by atoms with Crippen molar-refractivity contribution in [3.8, 4) is 0 Å². The third kappa shape index (κ3) is 6.09. The van der Waals surface area contributed by atoms with Crippen LogP contribution in [0.15, 0.2) is 29.2 Å². The molecule has 0 radical (unpaired) electrons. The van der Waals surface area contributed by atoms with E-state index in [1.54, 1.807) is 37.9 Å². The van der Waals surface area contributed by atoms with Crippen LogP contribution in [0.4, 0.5) is 0 Å². The van der Waals surface area contributed by atoms with E-state index < -0.39 is 9.84 Å². The molecule has 0 saturated carbocycles. The molecule has 1 aromatic rings. The molecule has 0 heterocycles. The Morgan fingerprint density at radius 3 is 2.14 bits per heavy atom. The van der Waals surface area contributed by atoms with Crippen molar-refractivity contribution in [2.24, 2.45) is 0 Å². The summed E-state index contributed by atoms with van der Waals surface area (Å²) in [6, 6.07) is 7.07. The lowest BCUT2D eigenvalue weighted by Crippen LogP contribution is -2.39. The molecule has 1 aromatic carbocycles. The molecule has 0 spiro atoms. The average Bonchev–Trinajstić information content (AvgIpc) is 2.35. The van der Waals surface area contributed by atoms with E-state index in [4.69, 9.17) is 0 Å². The zero-order valence-corrected chi connectivity index (χ0v) is 14.8. The molecular formula is C15H23NO3S2. The third-order valence-corrected chi connectivity index (χ3v) is 5.10. The van der Waals surface area contributed by atoms with Gasteiger partial charge in [0.2, 0.25) is 0 Å². The highest BCUT2D eigenvalue weighted by atomic mass is 32.2. The van der Waals surface area contributed by atoms with Crippen molar-refractivity contribution >= 4 is 27.5 Å². The zero-order chi connectivity index (χ0) is 16.2. The highest BCUT2D eigenvalue weighted by Gasteiger charge is 2.20. The van der Waals surface area contributed by atoms with Gasteiger partial charge in [0.1, 0.15) is 9.84 Å². The van der Waals surface area contributed by atoms with Gasteiger partial charge in [0.15, 0.2) is 0 Å². The van der Waals surface area contributed by atoms with Crippen LogP contribution in [0.2, 0.25) is 0 Å². The monoisotopic (exact) mass is 329 g/mol. The average molecular weight is 329 g/mol. The fourth-order valence-electron chi connectivity index (χ4n) is 1.90. The maximum atomic E-state index is 12.3. The maximum Gasteiger partial charge on any atom is 0.253 e. The van der Waals surface area contributed by atoms with E-state index in [2.05, 4.69) is 13.8 Å². The molecule has 0 aliphatic carbocycles. The fourth-order valence-corrected chi connectivity index (χ4v) is 3.84. The smallest absolute Gasteiger partial charge is 0.253 e. The Kier molecular flexibility index (Phi) is 6.28. The minimum atomic E-state index is -3.10. The largest absolute Gasteiger partial charge is 0.338 e. The van der Waals surface area contributed by atoms with Gasteiger partial charge in [-0.3, -0.25) is 4.79 Å². The number of hydrogen-bond acceptors (Lipinski definition) is 4. The molecule has 21 heavy (non-hydrogen) atoms. The maximum absolute atomic E-state index is 12.3. The summed E-state index contributed by atoms with van der Waals surface area (Å²) in [6.45, 7) is 5.97. The number of carbonyl (C=O) groups is 1. The first kappa shape index (κ1) is 18.0. The summed E-state index contributed by atoms with van der Waals surface area (Å²) in [5, 5.41) is 0.490. The van der Waals surface area contributed by atoms with Crippen LogP contribution in [0, 0.1) is 0 Å².